The van der Waals surface area contributed by atoms with Gasteiger partial charge in [-0.3, -0.25) is 4.79 Å². The molecule has 1 aromatic carbocycles. The van der Waals surface area contributed by atoms with Crippen LogP contribution < -0.4 is 20.2 Å². The van der Waals surface area contributed by atoms with Gasteiger partial charge in [-0.15, -0.1) is 11.3 Å². The summed E-state index contributed by atoms with van der Waals surface area (Å²) >= 11 is 0.786. The zero-order valence-electron chi connectivity index (χ0n) is 14.8. The lowest BCUT2D eigenvalue weighted by Crippen LogP contribution is -2.30. The third kappa shape index (κ3) is 3.49. The minimum Gasteiger partial charge on any atom is -0.483 e. The molecule has 0 aliphatic heterocycles. The molecule has 0 saturated heterocycles. The van der Waals surface area contributed by atoms with Gasteiger partial charge in [-0.1, -0.05) is 12.5 Å². The number of benzene rings is 1. The van der Waals surface area contributed by atoms with E-state index in [9.17, 15) is 27.9 Å². The highest BCUT2D eigenvalue weighted by atomic mass is 32.1. The second-order valence-corrected chi connectivity index (χ2v) is 7.22. The van der Waals surface area contributed by atoms with E-state index in [0.29, 0.717) is 18.1 Å². The summed E-state index contributed by atoms with van der Waals surface area (Å²) in [5.41, 5.74) is 5.69. The normalized spacial score (nSPS) is 13.4. The Balaban J connectivity index is 2.09. The number of carbonyl (C=O) groups is 2. The molecule has 9 heteroatoms. The highest BCUT2D eigenvalue weighted by molar-refractivity contribution is 7.12. The van der Waals surface area contributed by atoms with Crippen molar-refractivity contribution in [1.82, 2.24) is 0 Å². The molecule has 3 N–H and O–H groups in total. The SMILES string of the molecule is CCC1=c2c(COc3c(F)cc(C(N)=O)cc3F)c(C(=O)O)sc2=C(F)CC1. The predicted molar refractivity (Wildman–Crippen MR) is 97.2 cm³/mol. The van der Waals surface area contributed by atoms with Crippen LogP contribution in [0.25, 0.3) is 11.4 Å². The van der Waals surface area contributed by atoms with Gasteiger partial charge in [0, 0.05) is 22.8 Å². The molecule has 1 aliphatic carbocycles. The first kappa shape index (κ1) is 19.9. The molecule has 1 heterocycles. The number of nitrogens with two attached hydrogens (primary N) is 1. The number of carbonyl (C=O) groups excluding carboxylic acids is 1. The van der Waals surface area contributed by atoms with Crippen molar-refractivity contribution in [2.45, 2.75) is 32.8 Å². The van der Waals surface area contributed by atoms with Crippen LogP contribution in [-0.2, 0) is 6.61 Å². The van der Waals surface area contributed by atoms with Crippen molar-refractivity contribution in [3.05, 3.63) is 49.5 Å². The van der Waals surface area contributed by atoms with Gasteiger partial charge >= 0.3 is 5.97 Å². The van der Waals surface area contributed by atoms with Crippen LogP contribution in [0.2, 0.25) is 0 Å². The van der Waals surface area contributed by atoms with Crippen LogP contribution in [0.1, 0.15) is 51.8 Å². The molecule has 0 atom stereocenters. The maximum atomic E-state index is 14.3. The Morgan fingerprint density at radius 1 is 1.21 bits per heavy atom. The van der Waals surface area contributed by atoms with Crippen molar-refractivity contribution < 1.29 is 32.6 Å². The van der Waals surface area contributed by atoms with Crippen molar-refractivity contribution in [3.63, 3.8) is 0 Å². The molecule has 0 fully saturated rings. The topological polar surface area (TPSA) is 89.6 Å². The fraction of sp³-hybridized carbons (Fsp3) is 0.263. The Morgan fingerprint density at radius 3 is 2.39 bits per heavy atom. The molecule has 0 unspecified atom stereocenters. The second kappa shape index (κ2) is 7.67. The summed E-state index contributed by atoms with van der Waals surface area (Å²) in [6, 6.07) is 1.47. The highest BCUT2D eigenvalue weighted by Gasteiger charge is 2.24. The largest absolute Gasteiger partial charge is 0.483 e. The fourth-order valence-corrected chi connectivity index (χ4v) is 4.34. The molecule has 0 radical (unpaired) electrons. The first-order valence-electron chi connectivity index (χ1n) is 8.41. The number of hydrogen-bond acceptors (Lipinski definition) is 4. The number of fused-ring (bicyclic) bond motifs is 1. The molecule has 2 aromatic rings. The Bertz CT molecular complexity index is 1080. The van der Waals surface area contributed by atoms with Crippen LogP contribution in [0.3, 0.4) is 0 Å². The predicted octanol–water partition coefficient (Wildman–Crippen LogP) is 2.83. The number of rotatable bonds is 6. The lowest BCUT2D eigenvalue weighted by atomic mass is 9.98. The third-order valence-electron chi connectivity index (χ3n) is 4.52. The van der Waals surface area contributed by atoms with Gasteiger partial charge in [0.1, 0.15) is 17.3 Å². The summed E-state index contributed by atoms with van der Waals surface area (Å²) in [5, 5.41) is 9.93. The van der Waals surface area contributed by atoms with E-state index in [1.54, 1.807) is 0 Å². The molecule has 3 rings (SSSR count). The number of hydrogen-bond donors (Lipinski definition) is 2. The van der Waals surface area contributed by atoms with Crippen molar-refractivity contribution in [2.75, 3.05) is 0 Å². The number of aromatic carboxylic acids is 1. The highest BCUT2D eigenvalue weighted by Crippen LogP contribution is 2.26. The Kier molecular flexibility index (Phi) is 5.46. The first-order chi connectivity index (χ1) is 13.2. The average molecular weight is 411 g/mol. The van der Waals surface area contributed by atoms with Crippen molar-refractivity contribution in [3.8, 4) is 5.75 Å². The molecular weight excluding hydrogens is 395 g/mol. The first-order valence-corrected chi connectivity index (χ1v) is 9.23. The van der Waals surface area contributed by atoms with Gasteiger partial charge < -0.3 is 15.6 Å². The molecule has 0 saturated carbocycles. The molecule has 28 heavy (non-hydrogen) atoms. The third-order valence-corrected chi connectivity index (χ3v) is 5.77. The summed E-state index contributed by atoms with van der Waals surface area (Å²) < 4.78 is 48.0. The molecule has 0 spiro atoms. The summed E-state index contributed by atoms with van der Waals surface area (Å²) in [4.78, 5) is 22.6. The summed E-state index contributed by atoms with van der Waals surface area (Å²) in [6.45, 7) is 1.40. The maximum Gasteiger partial charge on any atom is 0.346 e. The number of amides is 1. The zero-order valence-corrected chi connectivity index (χ0v) is 15.6. The quantitative estimate of drug-likeness (QED) is 0.765. The van der Waals surface area contributed by atoms with Crippen LogP contribution in [-0.4, -0.2) is 17.0 Å². The number of thiophene rings is 1. The summed E-state index contributed by atoms with van der Waals surface area (Å²) in [7, 11) is 0. The zero-order chi connectivity index (χ0) is 20.6. The Hall–Kier alpha value is -2.81. The lowest BCUT2D eigenvalue weighted by molar-refractivity contribution is 0.0699. The van der Waals surface area contributed by atoms with E-state index >= 15 is 0 Å². The van der Waals surface area contributed by atoms with Crippen LogP contribution in [0.5, 0.6) is 5.75 Å². The van der Waals surface area contributed by atoms with Crippen molar-refractivity contribution >= 4 is 34.6 Å². The summed E-state index contributed by atoms with van der Waals surface area (Å²) in [5.74, 6) is -5.74. The van der Waals surface area contributed by atoms with Gasteiger partial charge in [0.05, 0.1) is 4.53 Å². The van der Waals surface area contributed by atoms with E-state index in [-0.39, 0.29) is 27.0 Å². The van der Waals surface area contributed by atoms with E-state index in [0.717, 1.165) is 29.0 Å². The van der Waals surface area contributed by atoms with Gasteiger partial charge in [-0.2, -0.15) is 0 Å². The number of carboxylic acids is 1. The molecule has 148 valence electrons. The van der Waals surface area contributed by atoms with Crippen molar-refractivity contribution in [1.29, 1.82) is 0 Å². The van der Waals surface area contributed by atoms with Crippen LogP contribution in [0, 0.1) is 11.6 Å². The fourth-order valence-electron chi connectivity index (χ4n) is 3.18. The van der Waals surface area contributed by atoms with Gasteiger partial charge in [0.2, 0.25) is 5.91 Å². The molecule has 5 nitrogen and oxygen atoms in total. The van der Waals surface area contributed by atoms with E-state index in [2.05, 4.69) is 0 Å². The van der Waals surface area contributed by atoms with E-state index in [1.165, 1.54) is 0 Å². The average Bonchev–Trinajstić information content (AvgIpc) is 3.02. The maximum absolute atomic E-state index is 14.3. The van der Waals surface area contributed by atoms with E-state index in [4.69, 9.17) is 10.5 Å². The van der Waals surface area contributed by atoms with Crippen LogP contribution >= 0.6 is 11.3 Å². The number of ether oxygens (including phenoxy) is 1. The van der Waals surface area contributed by atoms with Gasteiger partial charge in [0.25, 0.3) is 0 Å². The van der Waals surface area contributed by atoms with E-state index in [1.807, 2.05) is 6.92 Å². The monoisotopic (exact) mass is 411 g/mol. The Labute approximate surface area is 161 Å². The molecule has 1 aliphatic rings. The lowest BCUT2D eigenvalue weighted by Gasteiger charge is -2.12. The molecule has 1 amide bonds. The number of carboxylic acid groups (broad SMARTS) is 1. The van der Waals surface area contributed by atoms with Gasteiger partial charge in [-0.05, 0) is 25.0 Å². The second-order valence-electron chi connectivity index (χ2n) is 6.20. The van der Waals surface area contributed by atoms with Crippen LogP contribution in [0.4, 0.5) is 13.2 Å². The van der Waals surface area contributed by atoms with Crippen LogP contribution in [0.15, 0.2) is 12.1 Å². The number of halogens is 3. The Morgan fingerprint density at radius 2 is 1.86 bits per heavy atom. The molecule has 1 aromatic heterocycles. The molecular formula is C19H16F3NO4S. The minimum absolute atomic E-state index is 0.137. The minimum atomic E-state index is -1.27. The number of primary amides is 1. The molecule has 0 bridgehead atoms. The smallest absolute Gasteiger partial charge is 0.346 e. The van der Waals surface area contributed by atoms with E-state index < -0.39 is 41.7 Å². The summed E-state index contributed by atoms with van der Waals surface area (Å²) in [6.07, 6.45) is 1.21. The van der Waals surface area contributed by atoms with Crippen molar-refractivity contribution in [2.24, 2.45) is 5.73 Å². The standard InChI is InChI=1S/C19H16F3NO4S/c1-2-8-3-4-11(20)17-14(8)10(16(28-17)19(25)26)7-27-15-12(21)5-9(18(23)24)6-13(15)22/h5-6H,2-4,7H2,1H3,(H2,23,24)(H,25,26). The van der Waals surface area contributed by atoms with Gasteiger partial charge in [-0.25, -0.2) is 18.0 Å². The van der Waals surface area contributed by atoms with Gasteiger partial charge in [0.15, 0.2) is 17.4 Å².